The molecular weight excluding hydrogens is 267 g/mol. The van der Waals surface area contributed by atoms with Gasteiger partial charge in [0.05, 0.1) is 4.90 Å². The minimum absolute atomic E-state index is 0. The number of sulfonamides is 1. The zero-order valence-corrected chi connectivity index (χ0v) is 10.7. The maximum Gasteiger partial charge on any atom is 0.243 e. The fourth-order valence-electron chi connectivity index (χ4n) is 1.73. The second-order valence-electron chi connectivity index (χ2n) is 3.87. The predicted octanol–water partition coefficient (Wildman–Crippen LogP) is 0.969. The summed E-state index contributed by atoms with van der Waals surface area (Å²) in [6.45, 7) is 0.764. The van der Waals surface area contributed by atoms with Crippen LogP contribution in [0.5, 0.6) is 0 Å². The van der Waals surface area contributed by atoms with Crippen molar-refractivity contribution in [2.75, 3.05) is 13.1 Å². The summed E-state index contributed by atoms with van der Waals surface area (Å²) in [6.07, 6.45) is 0.667. The van der Waals surface area contributed by atoms with Crippen LogP contribution in [-0.4, -0.2) is 31.9 Å². The highest BCUT2D eigenvalue weighted by Crippen LogP contribution is 2.20. The molecule has 0 radical (unpaired) electrons. The number of nitrogens with two attached hydrogens (primary N) is 1. The van der Waals surface area contributed by atoms with Gasteiger partial charge in [-0.25, -0.2) is 12.8 Å². The summed E-state index contributed by atoms with van der Waals surface area (Å²) in [5.41, 5.74) is 5.66. The lowest BCUT2D eigenvalue weighted by molar-refractivity contribution is 0.472. The summed E-state index contributed by atoms with van der Waals surface area (Å²) in [7, 11) is -3.50. The predicted molar refractivity (Wildman–Crippen MR) is 65.0 cm³/mol. The van der Waals surface area contributed by atoms with E-state index in [1.54, 1.807) is 0 Å². The Hall–Kier alpha value is -0.690. The van der Waals surface area contributed by atoms with Gasteiger partial charge in [0, 0.05) is 19.1 Å². The molecule has 1 aliphatic heterocycles. The third-order valence-electron chi connectivity index (χ3n) is 2.64. The molecule has 0 amide bonds. The van der Waals surface area contributed by atoms with Gasteiger partial charge >= 0.3 is 0 Å². The maximum absolute atomic E-state index is 12.7. The van der Waals surface area contributed by atoms with Crippen LogP contribution >= 0.6 is 12.4 Å². The van der Waals surface area contributed by atoms with Crippen LogP contribution in [0, 0.1) is 5.82 Å². The smallest absolute Gasteiger partial charge is 0.243 e. The minimum Gasteiger partial charge on any atom is -0.326 e. The zero-order chi connectivity index (χ0) is 11.8. The fourth-order valence-corrected chi connectivity index (χ4v) is 3.24. The molecule has 1 aromatic rings. The Morgan fingerprint density at radius 1 is 1.29 bits per heavy atom. The van der Waals surface area contributed by atoms with E-state index in [0.29, 0.717) is 19.5 Å². The van der Waals surface area contributed by atoms with Gasteiger partial charge in [-0.2, -0.15) is 4.31 Å². The van der Waals surface area contributed by atoms with E-state index in [1.165, 1.54) is 16.4 Å². The SMILES string of the molecule is Cl.N[C@@H]1CCN(S(=O)(=O)c2ccc(F)cc2)C1. The highest BCUT2D eigenvalue weighted by Gasteiger charge is 2.30. The third-order valence-corrected chi connectivity index (χ3v) is 4.52. The highest BCUT2D eigenvalue weighted by molar-refractivity contribution is 7.89. The number of nitrogens with zero attached hydrogens (tertiary/aromatic N) is 1. The number of rotatable bonds is 2. The van der Waals surface area contributed by atoms with E-state index in [4.69, 9.17) is 5.73 Å². The molecule has 0 unspecified atom stereocenters. The summed E-state index contributed by atoms with van der Waals surface area (Å²) in [4.78, 5) is 0.114. The van der Waals surface area contributed by atoms with Crippen molar-refractivity contribution in [3.8, 4) is 0 Å². The molecular formula is C10H14ClFN2O2S. The van der Waals surface area contributed by atoms with Gasteiger partial charge in [-0.15, -0.1) is 12.4 Å². The van der Waals surface area contributed by atoms with Crippen molar-refractivity contribution < 1.29 is 12.8 Å². The first-order chi connectivity index (χ1) is 7.50. The van der Waals surface area contributed by atoms with Crippen molar-refractivity contribution in [3.05, 3.63) is 30.1 Å². The van der Waals surface area contributed by atoms with Crippen LogP contribution in [-0.2, 0) is 10.0 Å². The van der Waals surface area contributed by atoms with Crippen LogP contribution < -0.4 is 5.73 Å². The molecule has 1 atom stereocenters. The first-order valence-electron chi connectivity index (χ1n) is 5.01. The van der Waals surface area contributed by atoms with E-state index in [9.17, 15) is 12.8 Å². The molecule has 0 bridgehead atoms. The number of hydrogen-bond donors (Lipinski definition) is 1. The van der Waals surface area contributed by atoms with Gasteiger partial charge in [0.1, 0.15) is 5.82 Å². The van der Waals surface area contributed by atoms with E-state index in [1.807, 2.05) is 0 Å². The lowest BCUT2D eigenvalue weighted by atomic mass is 10.3. The lowest BCUT2D eigenvalue weighted by Gasteiger charge is -2.15. The van der Waals surface area contributed by atoms with E-state index in [-0.39, 0.29) is 23.3 Å². The molecule has 0 aromatic heterocycles. The van der Waals surface area contributed by atoms with Crippen molar-refractivity contribution in [1.82, 2.24) is 4.31 Å². The molecule has 2 rings (SSSR count). The van der Waals surface area contributed by atoms with Gasteiger partial charge in [-0.1, -0.05) is 0 Å². The van der Waals surface area contributed by atoms with E-state index < -0.39 is 15.8 Å². The number of benzene rings is 1. The number of halogens is 2. The van der Waals surface area contributed by atoms with Crippen LogP contribution in [0.3, 0.4) is 0 Å². The lowest BCUT2D eigenvalue weighted by Crippen LogP contribution is -2.31. The standard InChI is InChI=1S/C10H13FN2O2S.ClH/c11-8-1-3-10(4-2-8)16(14,15)13-6-5-9(12)7-13;/h1-4,9H,5-7,12H2;1H/t9-;/m1./s1. The molecule has 2 N–H and O–H groups in total. The molecule has 1 fully saturated rings. The van der Waals surface area contributed by atoms with Crippen molar-refractivity contribution in [2.24, 2.45) is 5.73 Å². The summed E-state index contributed by atoms with van der Waals surface area (Å²) in [5, 5.41) is 0. The molecule has 1 aliphatic rings. The van der Waals surface area contributed by atoms with Crippen LogP contribution in [0.2, 0.25) is 0 Å². The second kappa shape index (κ2) is 5.30. The van der Waals surface area contributed by atoms with Gasteiger partial charge in [0.2, 0.25) is 10.0 Å². The monoisotopic (exact) mass is 280 g/mol. The van der Waals surface area contributed by atoms with Gasteiger partial charge < -0.3 is 5.73 Å². The Balaban J connectivity index is 0.00000144. The molecule has 0 saturated carbocycles. The van der Waals surface area contributed by atoms with Gasteiger partial charge in [0.15, 0.2) is 0 Å². The second-order valence-corrected chi connectivity index (χ2v) is 5.80. The summed E-state index contributed by atoms with van der Waals surface area (Å²) >= 11 is 0. The summed E-state index contributed by atoms with van der Waals surface area (Å²) < 4.78 is 38.1. The van der Waals surface area contributed by atoms with Crippen LogP contribution in [0.1, 0.15) is 6.42 Å². The molecule has 1 aromatic carbocycles. The summed E-state index contributed by atoms with van der Waals surface area (Å²) in [6, 6.07) is 4.73. The Labute approximate surface area is 106 Å². The van der Waals surface area contributed by atoms with Crippen LogP contribution in [0.15, 0.2) is 29.2 Å². The third kappa shape index (κ3) is 2.95. The topological polar surface area (TPSA) is 63.4 Å². The molecule has 1 heterocycles. The quantitative estimate of drug-likeness (QED) is 0.878. The highest BCUT2D eigenvalue weighted by atomic mass is 35.5. The summed E-state index contributed by atoms with van der Waals surface area (Å²) in [5.74, 6) is -0.447. The zero-order valence-electron chi connectivity index (χ0n) is 9.04. The van der Waals surface area contributed by atoms with Crippen molar-refractivity contribution in [1.29, 1.82) is 0 Å². The van der Waals surface area contributed by atoms with Crippen molar-refractivity contribution in [2.45, 2.75) is 17.4 Å². The average molecular weight is 281 g/mol. The molecule has 1 saturated heterocycles. The Bertz CT molecular complexity index is 478. The fraction of sp³-hybridized carbons (Fsp3) is 0.400. The van der Waals surface area contributed by atoms with E-state index >= 15 is 0 Å². The number of hydrogen-bond acceptors (Lipinski definition) is 3. The average Bonchev–Trinajstić information content (AvgIpc) is 2.66. The Morgan fingerprint density at radius 2 is 1.88 bits per heavy atom. The molecule has 17 heavy (non-hydrogen) atoms. The van der Waals surface area contributed by atoms with Crippen molar-refractivity contribution >= 4 is 22.4 Å². The van der Waals surface area contributed by atoms with E-state index in [2.05, 4.69) is 0 Å². The van der Waals surface area contributed by atoms with Gasteiger partial charge in [-0.3, -0.25) is 0 Å². The van der Waals surface area contributed by atoms with Crippen molar-refractivity contribution in [3.63, 3.8) is 0 Å². The molecule has 0 spiro atoms. The first kappa shape index (κ1) is 14.4. The normalized spacial score (nSPS) is 21.2. The largest absolute Gasteiger partial charge is 0.326 e. The minimum atomic E-state index is -3.50. The molecule has 4 nitrogen and oxygen atoms in total. The molecule has 7 heteroatoms. The maximum atomic E-state index is 12.7. The first-order valence-corrected chi connectivity index (χ1v) is 6.45. The molecule has 96 valence electrons. The Morgan fingerprint density at radius 3 is 2.35 bits per heavy atom. The van der Waals surface area contributed by atoms with Crippen LogP contribution in [0.4, 0.5) is 4.39 Å². The molecule has 0 aliphatic carbocycles. The Kier molecular flexibility index (Phi) is 4.48. The van der Waals surface area contributed by atoms with Crippen LogP contribution in [0.25, 0.3) is 0 Å². The van der Waals surface area contributed by atoms with Gasteiger partial charge in [0.25, 0.3) is 0 Å². The van der Waals surface area contributed by atoms with Gasteiger partial charge in [-0.05, 0) is 30.7 Å². The van der Waals surface area contributed by atoms with E-state index in [0.717, 1.165) is 12.1 Å².